The number of hydrogen-bond donors (Lipinski definition) is 0. The van der Waals surface area contributed by atoms with Crippen molar-refractivity contribution >= 4 is 6.29 Å². The van der Waals surface area contributed by atoms with Gasteiger partial charge in [-0.3, -0.25) is 0 Å². The van der Waals surface area contributed by atoms with Crippen LogP contribution in [-0.2, 0) is 4.79 Å². The van der Waals surface area contributed by atoms with Crippen LogP contribution in [0.25, 0.3) is 0 Å². The van der Waals surface area contributed by atoms with E-state index in [0.717, 1.165) is 12.7 Å². The maximum Gasteiger partial charge on any atom is 0.123 e. The Bertz CT molecular complexity index is 177. The predicted octanol–water partition coefficient (Wildman–Crippen LogP) is 2.01. The van der Waals surface area contributed by atoms with Crippen molar-refractivity contribution in [2.75, 3.05) is 13.6 Å². The lowest BCUT2D eigenvalue weighted by atomic mass is 10.00. The molecular weight excluding hydrogens is 162 g/mol. The number of hydrogen-bond acceptors (Lipinski definition) is 2. The van der Waals surface area contributed by atoms with E-state index in [4.69, 9.17) is 0 Å². The molecule has 1 saturated heterocycles. The van der Waals surface area contributed by atoms with Crippen LogP contribution in [0.5, 0.6) is 0 Å². The SMILES string of the molecule is CN1CCCCC1C/C=C\CC=O. The molecule has 74 valence electrons. The fraction of sp³-hybridized carbons (Fsp3) is 0.727. The molecule has 0 aromatic rings. The van der Waals surface area contributed by atoms with Gasteiger partial charge < -0.3 is 9.69 Å². The van der Waals surface area contributed by atoms with Gasteiger partial charge in [-0.1, -0.05) is 18.6 Å². The molecule has 0 aromatic carbocycles. The molecule has 0 radical (unpaired) electrons. The van der Waals surface area contributed by atoms with Crippen LogP contribution in [0.2, 0.25) is 0 Å². The summed E-state index contributed by atoms with van der Waals surface area (Å²) >= 11 is 0. The number of allylic oxidation sites excluding steroid dienone is 1. The van der Waals surface area contributed by atoms with Crippen LogP contribution in [0.3, 0.4) is 0 Å². The Morgan fingerprint density at radius 1 is 1.38 bits per heavy atom. The molecule has 0 aliphatic carbocycles. The van der Waals surface area contributed by atoms with Gasteiger partial charge in [0.15, 0.2) is 0 Å². The van der Waals surface area contributed by atoms with Gasteiger partial charge >= 0.3 is 0 Å². The van der Waals surface area contributed by atoms with Crippen molar-refractivity contribution in [3.63, 3.8) is 0 Å². The van der Waals surface area contributed by atoms with E-state index >= 15 is 0 Å². The van der Waals surface area contributed by atoms with Crippen molar-refractivity contribution in [1.29, 1.82) is 0 Å². The normalized spacial score (nSPS) is 25.2. The summed E-state index contributed by atoms with van der Waals surface area (Å²) in [6, 6.07) is 0.705. The summed E-state index contributed by atoms with van der Waals surface area (Å²) in [5.41, 5.74) is 0. The van der Waals surface area contributed by atoms with Gasteiger partial charge in [-0.15, -0.1) is 0 Å². The minimum Gasteiger partial charge on any atom is -0.303 e. The molecule has 2 nitrogen and oxygen atoms in total. The van der Waals surface area contributed by atoms with Gasteiger partial charge in [0.05, 0.1) is 0 Å². The van der Waals surface area contributed by atoms with Gasteiger partial charge in [-0.05, 0) is 32.9 Å². The van der Waals surface area contributed by atoms with E-state index in [2.05, 4.69) is 18.0 Å². The first-order valence-corrected chi connectivity index (χ1v) is 5.13. The number of aldehydes is 1. The van der Waals surface area contributed by atoms with E-state index in [1.807, 2.05) is 6.08 Å². The Morgan fingerprint density at radius 2 is 2.23 bits per heavy atom. The van der Waals surface area contributed by atoms with E-state index in [-0.39, 0.29) is 0 Å². The average Bonchev–Trinajstić information content (AvgIpc) is 2.15. The van der Waals surface area contributed by atoms with E-state index in [1.54, 1.807) is 0 Å². The minimum absolute atomic E-state index is 0.566. The van der Waals surface area contributed by atoms with E-state index in [9.17, 15) is 4.79 Å². The third kappa shape index (κ3) is 3.73. The smallest absolute Gasteiger partial charge is 0.123 e. The average molecular weight is 181 g/mol. The predicted molar refractivity (Wildman–Crippen MR) is 54.7 cm³/mol. The molecule has 0 aromatic heterocycles. The van der Waals surface area contributed by atoms with Crippen molar-refractivity contribution < 1.29 is 4.79 Å². The summed E-state index contributed by atoms with van der Waals surface area (Å²) < 4.78 is 0. The van der Waals surface area contributed by atoms with Gasteiger partial charge in [0, 0.05) is 12.5 Å². The topological polar surface area (TPSA) is 20.3 Å². The van der Waals surface area contributed by atoms with Crippen molar-refractivity contribution in [3.05, 3.63) is 12.2 Å². The van der Waals surface area contributed by atoms with Crippen LogP contribution >= 0.6 is 0 Å². The Balaban J connectivity index is 2.22. The van der Waals surface area contributed by atoms with Crippen LogP contribution in [0.4, 0.5) is 0 Å². The Morgan fingerprint density at radius 3 is 2.92 bits per heavy atom. The molecule has 1 aliphatic heterocycles. The highest BCUT2D eigenvalue weighted by molar-refractivity contribution is 5.51. The number of nitrogens with zero attached hydrogens (tertiary/aromatic N) is 1. The minimum atomic E-state index is 0.566. The zero-order valence-corrected chi connectivity index (χ0v) is 8.41. The highest BCUT2D eigenvalue weighted by Crippen LogP contribution is 2.17. The molecule has 1 unspecified atom stereocenters. The van der Waals surface area contributed by atoms with Gasteiger partial charge in [-0.2, -0.15) is 0 Å². The summed E-state index contributed by atoms with van der Waals surface area (Å²) in [6.45, 7) is 1.23. The molecule has 2 heteroatoms. The van der Waals surface area contributed by atoms with Crippen LogP contribution in [0, 0.1) is 0 Å². The molecule has 0 saturated carbocycles. The zero-order valence-electron chi connectivity index (χ0n) is 8.41. The summed E-state index contributed by atoms with van der Waals surface area (Å²) in [5, 5.41) is 0. The molecule has 1 atom stereocenters. The maximum atomic E-state index is 10.1. The molecular formula is C11H19NO. The second-order valence-electron chi connectivity index (χ2n) is 3.74. The molecule has 1 heterocycles. The third-order valence-electron chi connectivity index (χ3n) is 2.73. The molecule has 0 N–H and O–H groups in total. The molecule has 0 bridgehead atoms. The highest BCUT2D eigenvalue weighted by atomic mass is 16.1. The van der Waals surface area contributed by atoms with Crippen LogP contribution in [0.1, 0.15) is 32.1 Å². The molecule has 0 amide bonds. The summed E-state index contributed by atoms with van der Waals surface area (Å²) in [5.74, 6) is 0. The van der Waals surface area contributed by atoms with Gasteiger partial charge in [-0.25, -0.2) is 0 Å². The Kier molecular flexibility index (Phi) is 4.76. The number of carbonyl (C=O) groups excluding carboxylic acids is 1. The summed E-state index contributed by atoms with van der Waals surface area (Å²) in [7, 11) is 2.19. The van der Waals surface area contributed by atoms with Crippen LogP contribution in [-0.4, -0.2) is 30.8 Å². The summed E-state index contributed by atoms with van der Waals surface area (Å²) in [6.07, 6.45) is 10.7. The molecule has 0 spiro atoms. The largest absolute Gasteiger partial charge is 0.303 e. The molecule has 13 heavy (non-hydrogen) atoms. The summed E-state index contributed by atoms with van der Waals surface area (Å²) in [4.78, 5) is 12.5. The molecule has 1 rings (SSSR count). The second-order valence-corrected chi connectivity index (χ2v) is 3.74. The van der Waals surface area contributed by atoms with Crippen molar-refractivity contribution in [2.24, 2.45) is 0 Å². The lowest BCUT2D eigenvalue weighted by molar-refractivity contribution is -0.107. The fourth-order valence-corrected chi connectivity index (χ4v) is 1.85. The van der Waals surface area contributed by atoms with E-state index in [1.165, 1.54) is 25.8 Å². The van der Waals surface area contributed by atoms with E-state index in [0.29, 0.717) is 12.5 Å². The maximum absolute atomic E-state index is 10.1. The number of rotatable bonds is 4. The van der Waals surface area contributed by atoms with Gasteiger partial charge in [0.1, 0.15) is 6.29 Å². The van der Waals surface area contributed by atoms with Gasteiger partial charge in [0.2, 0.25) is 0 Å². The Hall–Kier alpha value is -0.630. The standard InChI is InChI=1S/C11H19NO/c1-12-9-5-4-8-11(12)7-3-2-6-10-13/h2-3,10-11H,4-9H2,1H3/b3-2-. The number of piperidine rings is 1. The molecule has 1 aliphatic rings. The third-order valence-corrected chi connectivity index (χ3v) is 2.73. The Labute approximate surface area is 80.6 Å². The fourth-order valence-electron chi connectivity index (χ4n) is 1.85. The zero-order chi connectivity index (χ0) is 9.52. The first-order chi connectivity index (χ1) is 6.34. The monoisotopic (exact) mass is 181 g/mol. The van der Waals surface area contributed by atoms with Crippen LogP contribution < -0.4 is 0 Å². The highest BCUT2D eigenvalue weighted by Gasteiger charge is 2.16. The van der Waals surface area contributed by atoms with Crippen molar-refractivity contribution in [3.8, 4) is 0 Å². The van der Waals surface area contributed by atoms with E-state index < -0.39 is 0 Å². The first kappa shape index (κ1) is 10.5. The molecule has 1 fully saturated rings. The van der Waals surface area contributed by atoms with Crippen LogP contribution in [0.15, 0.2) is 12.2 Å². The lowest BCUT2D eigenvalue weighted by Gasteiger charge is -2.31. The first-order valence-electron chi connectivity index (χ1n) is 5.13. The number of carbonyl (C=O) groups is 1. The lowest BCUT2D eigenvalue weighted by Crippen LogP contribution is -2.35. The van der Waals surface area contributed by atoms with Gasteiger partial charge in [0.25, 0.3) is 0 Å². The second kappa shape index (κ2) is 5.92. The quantitative estimate of drug-likeness (QED) is 0.488. The number of likely N-dealkylation sites (tertiary alicyclic amines) is 1. The van der Waals surface area contributed by atoms with Crippen molar-refractivity contribution in [1.82, 2.24) is 4.90 Å². The van der Waals surface area contributed by atoms with Crippen molar-refractivity contribution in [2.45, 2.75) is 38.1 Å².